The number of carbonyl (C=O) groups excluding carboxylic acids is 1. The van der Waals surface area contributed by atoms with E-state index in [0.29, 0.717) is 11.6 Å². The summed E-state index contributed by atoms with van der Waals surface area (Å²) in [5.41, 5.74) is 5.64. The predicted molar refractivity (Wildman–Crippen MR) is 76.3 cm³/mol. The molecule has 2 unspecified atom stereocenters. The number of nitrogens with one attached hydrogen (secondary N) is 1. The minimum absolute atomic E-state index is 0. The first-order chi connectivity index (χ1) is 8.61. The van der Waals surface area contributed by atoms with Crippen molar-refractivity contribution in [3.05, 3.63) is 34.6 Å². The molecule has 1 aliphatic carbocycles. The number of halogens is 3. The second-order valence-electron chi connectivity index (χ2n) is 4.63. The van der Waals surface area contributed by atoms with Crippen molar-refractivity contribution in [2.75, 3.05) is 6.54 Å². The van der Waals surface area contributed by atoms with Gasteiger partial charge in [0.25, 0.3) is 5.91 Å². The molecular formula is C13H17Cl2FN2O. The third-order valence-corrected chi connectivity index (χ3v) is 3.69. The second-order valence-corrected chi connectivity index (χ2v) is 5.07. The Labute approximate surface area is 123 Å². The quantitative estimate of drug-likeness (QED) is 0.902. The molecule has 2 atom stereocenters. The van der Waals surface area contributed by atoms with Gasteiger partial charge in [-0.25, -0.2) is 4.39 Å². The minimum atomic E-state index is -0.556. The lowest BCUT2D eigenvalue weighted by Crippen LogP contribution is -2.40. The van der Waals surface area contributed by atoms with E-state index in [2.05, 4.69) is 5.32 Å². The Kier molecular flexibility index (Phi) is 6.04. The van der Waals surface area contributed by atoms with Crippen molar-refractivity contribution in [1.82, 2.24) is 5.32 Å². The Balaban J connectivity index is 0.00000180. The molecule has 0 radical (unpaired) electrons. The maximum Gasteiger partial charge on any atom is 0.254 e. The van der Waals surface area contributed by atoms with Crippen LogP contribution in [-0.2, 0) is 0 Å². The average molecular weight is 307 g/mol. The number of amides is 1. The molecule has 3 N–H and O–H groups in total. The van der Waals surface area contributed by atoms with E-state index >= 15 is 0 Å². The molecule has 0 saturated heterocycles. The maximum absolute atomic E-state index is 13.5. The summed E-state index contributed by atoms with van der Waals surface area (Å²) in [6.45, 7) is 0.545. The zero-order valence-electron chi connectivity index (χ0n) is 10.4. The summed E-state index contributed by atoms with van der Waals surface area (Å²) in [6.07, 6.45) is 2.96. The van der Waals surface area contributed by atoms with Gasteiger partial charge in [0.05, 0.1) is 5.56 Å². The average Bonchev–Trinajstić information content (AvgIpc) is 2.79. The Hall–Kier alpha value is -0.840. The highest BCUT2D eigenvalue weighted by molar-refractivity contribution is 6.31. The van der Waals surface area contributed by atoms with Crippen LogP contribution in [0.2, 0.25) is 5.02 Å². The molecule has 0 aromatic heterocycles. The fourth-order valence-corrected chi connectivity index (χ4v) is 2.60. The van der Waals surface area contributed by atoms with Crippen molar-refractivity contribution < 1.29 is 9.18 Å². The normalized spacial score (nSPS) is 21.8. The van der Waals surface area contributed by atoms with E-state index in [-0.39, 0.29) is 29.9 Å². The standard InChI is InChI=1S/C13H16ClFN2O.ClH/c14-9-4-5-11(15)10(6-9)13(18)17-12-3-1-2-8(12)7-16;/h4-6,8,12H,1-3,7,16H2,(H,17,18);1H. The van der Waals surface area contributed by atoms with Crippen molar-refractivity contribution in [3.63, 3.8) is 0 Å². The van der Waals surface area contributed by atoms with Crippen LogP contribution < -0.4 is 11.1 Å². The summed E-state index contributed by atoms with van der Waals surface area (Å²) < 4.78 is 13.5. The summed E-state index contributed by atoms with van der Waals surface area (Å²) in [5, 5.41) is 3.20. The first kappa shape index (κ1) is 16.2. The van der Waals surface area contributed by atoms with Crippen molar-refractivity contribution in [3.8, 4) is 0 Å². The van der Waals surface area contributed by atoms with Gasteiger partial charge in [-0.15, -0.1) is 12.4 Å². The lowest BCUT2D eigenvalue weighted by Gasteiger charge is -2.19. The zero-order valence-corrected chi connectivity index (χ0v) is 11.9. The van der Waals surface area contributed by atoms with Gasteiger partial charge in [0.2, 0.25) is 0 Å². The lowest BCUT2D eigenvalue weighted by atomic mass is 10.0. The first-order valence-electron chi connectivity index (χ1n) is 6.08. The molecule has 3 nitrogen and oxygen atoms in total. The van der Waals surface area contributed by atoms with Crippen LogP contribution in [0.15, 0.2) is 18.2 Å². The van der Waals surface area contributed by atoms with Gasteiger partial charge in [0.15, 0.2) is 0 Å². The molecular weight excluding hydrogens is 290 g/mol. The van der Waals surface area contributed by atoms with Gasteiger partial charge < -0.3 is 11.1 Å². The molecule has 1 aliphatic rings. The monoisotopic (exact) mass is 306 g/mol. The molecule has 2 rings (SSSR count). The topological polar surface area (TPSA) is 55.1 Å². The first-order valence-corrected chi connectivity index (χ1v) is 6.45. The number of hydrogen-bond donors (Lipinski definition) is 2. The summed E-state index contributed by atoms with van der Waals surface area (Å²) in [6, 6.07) is 4.01. The third-order valence-electron chi connectivity index (χ3n) is 3.45. The minimum Gasteiger partial charge on any atom is -0.349 e. The van der Waals surface area contributed by atoms with Gasteiger partial charge in [-0.3, -0.25) is 4.79 Å². The predicted octanol–water partition coefficient (Wildman–Crippen LogP) is 2.76. The van der Waals surface area contributed by atoms with E-state index in [0.717, 1.165) is 19.3 Å². The molecule has 0 heterocycles. The molecule has 1 saturated carbocycles. The molecule has 1 aromatic rings. The van der Waals surface area contributed by atoms with E-state index in [4.69, 9.17) is 17.3 Å². The van der Waals surface area contributed by atoms with Gasteiger partial charge >= 0.3 is 0 Å². The van der Waals surface area contributed by atoms with Gasteiger partial charge in [-0.1, -0.05) is 18.0 Å². The molecule has 1 fully saturated rings. The molecule has 6 heteroatoms. The molecule has 1 amide bonds. The Bertz CT molecular complexity index is 456. The Morgan fingerprint density at radius 2 is 2.21 bits per heavy atom. The fourth-order valence-electron chi connectivity index (χ4n) is 2.43. The number of carbonyl (C=O) groups is 1. The van der Waals surface area contributed by atoms with Crippen LogP contribution in [-0.4, -0.2) is 18.5 Å². The molecule has 0 bridgehead atoms. The van der Waals surface area contributed by atoms with Crippen LogP contribution in [0.3, 0.4) is 0 Å². The van der Waals surface area contributed by atoms with Gasteiger partial charge in [0.1, 0.15) is 5.82 Å². The van der Waals surface area contributed by atoms with Crippen molar-refractivity contribution in [1.29, 1.82) is 0 Å². The summed E-state index contributed by atoms with van der Waals surface area (Å²) in [7, 11) is 0. The highest BCUT2D eigenvalue weighted by Gasteiger charge is 2.28. The van der Waals surface area contributed by atoms with Gasteiger partial charge in [0, 0.05) is 11.1 Å². The number of hydrogen-bond acceptors (Lipinski definition) is 2. The SMILES string of the molecule is Cl.NCC1CCCC1NC(=O)c1cc(Cl)ccc1F. The van der Waals surface area contributed by atoms with E-state index in [9.17, 15) is 9.18 Å². The number of benzene rings is 1. The highest BCUT2D eigenvalue weighted by Crippen LogP contribution is 2.25. The largest absolute Gasteiger partial charge is 0.349 e. The van der Waals surface area contributed by atoms with E-state index in [1.165, 1.54) is 18.2 Å². The molecule has 19 heavy (non-hydrogen) atoms. The Morgan fingerprint density at radius 1 is 1.47 bits per heavy atom. The maximum atomic E-state index is 13.5. The van der Waals surface area contributed by atoms with Gasteiger partial charge in [-0.05, 0) is 43.5 Å². The van der Waals surface area contributed by atoms with E-state index in [1.807, 2.05) is 0 Å². The van der Waals surface area contributed by atoms with E-state index < -0.39 is 11.7 Å². The highest BCUT2D eigenvalue weighted by atomic mass is 35.5. The van der Waals surface area contributed by atoms with Crippen molar-refractivity contribution in [2.45, 2.75) is 25.3 Å². The fraction of sp³-hybridized carbons (Fsp3) is 0.462. The molecule has 0 aliphatic heterocycles. The molecule has 1 aromatic carbocycles. The van der Waals surface area contributed by atoms with E-state index in [1.54, 1.807) is 0 Å². The van der Waals surface area contributed by atoms with Crippen molar-refractivity contribution >= 4 is 29.9 Å². The smallest absolute Gasteiger partial charge is 0.254 e. The summed E-state index contributed by atoms with van der Waals surface area (Å²) in [5.74, 6) is -0.684. The van der Waals surface area contributed by atoms with Crippen LogP contribution in [0.5, 0.6) is 0 Å². The van der Waals surface area contributed by atoms with Crippen LogP contribution in [0.1, 0.15) is 29.6 Å². The van der Waals surface area contributed by atoms with Crippen LogP contribution >= 0.6 is 24.0 Å². The number of nitrogens with two attached hydrogens (primary N) is 1. The molecule has 0 spiro atoms. The van der Waals surface area contributed by atoms with Crippen molar-refractivity contribution in [2.24, 2.45) is 11.7 Å². The van der Waals surface area contributed by atoms with Crippen LogP contribution in [0.25, 0.3) is 0 Å². The third kappa shape index (κ3) is 3.81. The molecule has 106 valence electrons. The number of rotatable bonds is 3. The lowest BCUT2D eigenvalue weighted by molar-refractivity contribution is 0.0924. The summed E-state index contributed by atoms with van der Waals surface area (Å²) >= 11 is 5.77. The summed E-state index contributed by atoms with van der Waals surface area (Å²) in [4.78, 5) is 12.0. The van der Waals surface area contributed by atoms with Crippen LogP contribution in [0.4, 0.5) is 4.39 Å². The second kappa shape index (κ2) is 7.08. The Morgan fingerprint density at radius 3 is 2.89 bits per heavy atom. The van der Waals surface area contributed by atoms with Gasteiger partial charge in [-0.2, -0.15) is 0 Å². The zero-order chi connectivity index (χ0) is 13.1. The van der Waals surface area contributed by atoms with Crippen LogP contribution in [0, 0.1) is 11.7 Å².